The highest BCUT2D eigenvalue weighted by atomic mass is 32.2. The molecule has 2 amide bonds. The van der Waals surface area contributed by atoms with Crippen LogP contribution in [0.3, 0.4) is 0 Å². The van der Waals surface area contributed by atoms with Crippen LogP contribution < -0.4 is 5.32 Å². The molecule has 7 nitrogen and oxygen atoms in total. The molecule has 1 fully saturated rings. The van der Waals surface area contributed by atoms with E-state index >= 15 is 0 Å². The molecule has 1 N–H and O–H groups in total. The second-order valence-corrected chi connectivity index (χ2v) is 9.16. The molecular weight excluding hydrogens is 380 g/mol. The molecular formula is C20H24N2O5S. The number of likely N-dealkylation sites (tertiary alicyclic amines) is 1. The number of carbonyl (C=O) groups is 2. The molecule has 8 heteroatoms. The summed E-state index contributed by atoms with van der Waals surface area (Å²) in [5.41, 5.74) is 0.757. The van der Waals surface area contributed by atoms with E-state index in [1.807, 2.05) is 18.2 Å². The van der Waals surface area contributed by atoms with Gasteiger partial charge in [0.1, 0.15) is 5.76 Å². The van der Waals surface area contributed by atoms with Crippen molar-refractivity contribution in [3.63, 3.8) is 0 Å². The van der Waals surface area contributed by atoms with E-state index in [-0.39, 0.29) is 36.3 Å². The van der Waals surface area contributed by atoms with E-state index in [0.29, 0.717) is 25.3 Å². The van der Waals surface area contributed by atoms with Gasteiger partial charge < -0.3 is 14.6 Å². The Labute approximate surface area is 164 Å². The Kier molecular flexibility index (Phi) is 6.51. The lowest BCUT2D eigenvalue weighted by molar-refractivity contribution is -0.129. The number of hydrogen-bond acceptors (Lipinski definition) is 5. The van der Waals surface area contributed by atoms with Crippen LogP contribution in [0.4, 0.5) is 0 Å². The molecule has 1 aliphatic rings. The van der Waals surface area contributed by atoms with Gasteiger partial charge in [0.15, 0.2) is 9.84 Å². The average Bonchev–Trinajstić information content (AvgIpc) is 3.30. The van der Waals surface area contributed by atoms with Gasteiger partial charge in [-0.05, 0) is 24.1 Å². The largest absolute Gasteiger partial charge is 0.467 e. The Bertz CT molecular complexity index is 894. The molecule has 0 bridgehead atoms. The zero-order valence-electron chi connectivity index (χ0n) is 15.5. The van der Waals surface area contributed by atoms with Gasteiger partial charge in [-0.15, -0.1) is 0 Å². The van der Waals surface area contributed by atoms with Crippen molar-refractivity contribution < 1.29 is 22.4 Å². The molecule has 1 aliphatic heterocycles. The molecule has 150 valence electrons. The fraction of sp³-hybridized carbons (Fsp3) is 0.400. The Morgan fingerprint density at radius 2 is 1.96 bits per heavy atom. The van der Waals surface area contributed by atoms with E-state index in [4.69, 9.17) is 4.42 Å². The summed E-state index contributed by atoms with van der Waals surface area (Å²) in [6.07, 6.45) is 2.06. The molecule has 0 spiro atoms. The van der Waals surface area contributed by atoms with Crippen LogP contribution in [0.1, 0.15) is 24.2 Å². The monoisotopic (exact) mass is 404 g/mol. The molecule has 1 atom stereocenters. The summed E-state index contributed by atoms with van der Waals surface area (Å²) < 4.78 is 29.6. The summed E-state index contributed by atoms with van der Waals surface area (Å²) in [4.78, 5) is 26.0. The molecule has 3 rings (SSSR count). The van der Waals surface area contributed by atoms with Crippen LogP contribution in [0.15, 0.2) is 53.1 Å². The van der Waals surface area contributed by atoms with Crippen LogP contribution in [0.5, 0.6) is 0 Å². The minimum Gasteiger partial charge on any atom is -0.467 e. The Hall–Kier alpha value is -2.61. The van der Waals surface area contributed by atoms with Gasteiger partial charge in [0.05, 0.1) is 30.2 Å². The first kappa shape index (κ1) is 20.1. The number of benzene rings is 1. The second-order valence-electron chi connectivity index (χ2n) is 6.98. The van der Waals surface area contributed by atoms with Gasteiger partial charge >= 0.3 is 0 Å². The average molecular weight is 404 g/mol. The molecule has 28 heavy (non-hydrogen) atoms. The van der Waals surface area contributed by atoms with E-state index in [9.17, 15) is 18.0 Å². The van der Waals surface area contributed by atoms with E-state index in [2.05, 4.69) is 5.32 Å². The first-order valence-electron chi connectivity index (χ1n) is 9.25. The predicted octanol–water partition coefficient (Wildman–Crippen LogP) is 1.75. The summed E-state index contributed by atoms with van der Waals surface area (Å²) in [5.74, 6) is -0.0176. The molecule has 0 saturated carbocycles. The van der Waals surface area contributed by atoms with Crippen molar-refractivity contribution in [3.8, 4) is 0 Å². The number of amides is 2. The van der Waals surface area contributed by atoms with Gasteiger partial charge in [-0.1, -0.05) is 30.3 Å². The SMILES string of the molecule is O=C(NCCCS(=O)(=O)Cc1ccccc1)C1CC(=O)N(Cc2ccco2)C1. The van der Waals surface area contributed by atoms with Crippen LogP contribution in [0, 0.1) is 5.92 Å². The summed E-state index contributed by atoms with van der Waals surface area (Å²) in [6.45, 7) is 0.973. The Morgan fingerprint density at radius 3 is 2.68 bits per heavy atom. The maximum Gasteiger partial charge on any atom is 0.225 e. The van der Waals surface area contributed by atoms with Crippen molar-refractivity contribution in [2.75, 3.05) is 18.8 Å². The summed E-state index contributed by atoms with van der Waals surface area (Å²) in [7, 11) is -3.22. The minimum absolute atomic E-state index is 0.000647. The molecule has 1 saturated heterocycles. The highest BCUT2D eigenvalue weighted by Crippen LogP contribution is 2.20. The molecule has 1 unspecified atom stereocenters. The first-order chi connectivity index (χ1) is 13.4. The van der Waals surface area contributed by atoms with Crippen LogP contribution in [0.2, 0.25) is 0 Å². The molecule has 0 radical (unpaired) electrons. The fourth-order valence-electron chi connectivity index (χ4n) is 3.24. The normalized spacial score (nSPS) is 17.1. The minimum atomic E-state index is -3.22. The van der Waals surface area contributed by atoms with Gasteiger partial charge in [-0.25, -0.2) is 8.42 Å². The number of sulfone groups is 1. The van der Waals surface area contributed by atoms with E-state index in [1.54, 1.807) is 35.4 Å². The van der Waals surface area contributed by atoms with E-state index < -0.39 is 15.8 Å². The zero-order chi connectivity index (χ0) is 20.0. The zero-order valence-corrected chi connectivity index (χ0v) is 16.4. The van der Waals surface area contributed by atoms with E-state index in [1.165, 1.54) is 0 Å². The van der Waals surface area contributed by atoms with Gasteiger partial charge in [0.2, 0.25) is 11.8 Å². The van der Waals surface area contributed by atoms with Crippen molar-refractivity contribution in [2.24, 2.45) is 5.92 Å². The van der Waals surface area contributed by atoms with Gasteiger partial charge in [0.25, 0.3) is 0 Å². The van der Waals surface area contributed by atoms with Gasteiger partial charge in [0, 0.05) is 19.5 Å². The Balaban J connectivity index is 1.39. The highest BCUT2D eigenvalue weighted by molar-refractivity contribution is 7.90. The first-order valence-corrected chi connectivity index (χ1v) is 11.1. The number of hydrogen-bond donors (Lipinski definition) is 1. The van der Waals surface area contributed by atoms with Crippen molar-refractivity contribution in [3.05, 3.63) is 60.1 Å². The van der Waals surface area contributed by atoms with Gasteiger partial charge in [-0.3, -0.25) is 9.59 Å². The lowest BCUT2D eigenvalue weighted by Gasteiger charge is -2.15. The molecule has 2 heterocycles. The summed E-state index contributed by atoms with van der Waals surface area (Å²) in [6, 6.07) is 12.6. The molecule has 1 aromatic carbocycles. The van der Waals surface area contributed by atoms with Crippen LogP contribution in [-0.2, 0) is 31.7 Å². The van der Waals surface area contributed by atoms with E-state index in [0.717, 1.165) is 5.56 Å². The highest BCUT2D eigenvalue weighted by Gasteiger charge is 2.34. The van der Waals surface area contributed by atoms with Crippen molar-refractivity contribution in [2.45, 2.75) is 25.1 Å². The van der Waals surface area contributed by atoms with Crippen molar-refractivity contribution in [1.29, 1.82) is 0 Å². The third-order valence-corrected chi connectivity index (χ3v) is 6.36. The van der Waals surface area contributed by atoms with Crippen LogP contribution in [0.25, 0.3) is 0 Å². The molecule has 2 aromatic rings. The quantitative estimate of drug-likeness (QED) is 0.642. The molecule has 0 aliphatic carbocycles. The van der Waals surface area contributed by atoms with Crippen molar-refractivity contribution in [1.82, 2.24) is 10.2 Å². The topological polar surface area (TPSA) is 96.7 Å². The number of furan rings is 1. The lowest BCUT2D eigenvalue weighted by Crippen LogP contribution is -2.34. The third kappa shape index (κ3) is 5.69. The van der Waals surface area contributed by atoms with Crippen LogP contribution in [-0.4, -0.2) is 44.0 Å². The lowest BCUT2D eigenvalue weighted by atomic mass is 10.1. The summed E-state index contributed by atoms with van der Waals surface area (Å²) in [5, 5.41) is 2.76. The number of rotatable bonds is 9. The maximum absolute atomic E-state index is 12.3. The van der Waals surface area contributed by atoms with Crippen LogP contribution >= 0.6 is 0 Å². The number of nitrogens with zero attached hydrogens (tertiary/aromatic N) is 1. The van der Waals surface area contributed by atoms with Crippen molar-refractivity contribution >= 4 is 21.7 Å². The second kappa shape index (κ2) is 9.05. The predicted molar refractivity (Wildman–Crippen MR) is 104 cm³/mol. The number of carbonyl (C=O) groups excluding carboxylic acids is 2. The summed E-state index contributed by atoms with van der Waals surface area (Å²) >= 11 is 0. The maximum atomic E-state index is 12.3. The standard InChI is InChI=1S/C20H24N2O5S/c23-19-12-17(13-22(19)14-18-8-4-10-27-18)20(24)21-9-5-11-28(25,26)15-16-6-2-1-3-7-16/h1-4,6-8,10,17H,5,9,11-15H2,(H,21,24). The fourth-order valence-corrected chi connectivity index (χ4v) is 4.67. The number of nitrogens with one attached hydrogen (secondary N) is 1. The smallest absolute Gasteiger partial charge is 0.225 e. The molecule has 1 aromatic heterocycles. The Morgan fingerprint density at radius 1 is 1.18 bits per heavy atom. The van der Waals surface area contributed by atoms with Gasteiger partial charge in [-0.2, -0.15) is 0 Å². The third-order valence-electron chi connectivity index (χ3n) is 4.67.